The Morgan fingerprint density at radius 2 is 1.17 bits per heavy atom. The maximum absolute atomic E-state index is 2.46. The van der Waals surface area contributed by atoms with Crippen LogP contribution < -0.4 is 0 Å². The van der Waals surface area contributed by atoms with Gasteiger partial charge in [-0.1, -0.05) is 159 Å². The average molecular weight is 407 g/mol. The van der Waals surface area contributed by atoms with Crippen LogP contribution in [-0.2, 0) is 0 Å². The largest absolute Gasteiger partial charge is 0.148 e. The number of hydrogen-bond donors (Lipinski definition) is 0. The topological polar surface area (TPSA) is 0 Å². The number of benzene rings is 2. The van der Waals surface area contributed by atoms with E-state index in [2.05, 4.69) is 63.2 Å². The zero-order valence-electron chi connectivity index (χ0n) is 20.3. The Hall–Kier alpha value is -1.24. The van der Waals surface area contributed by atoms with Gasteiger partial charge in [-0.2, -0.15) is 0 Å². The molecule has 0 fully saturated rings. The molecule has 0 amide bonds. The van der Waals surface area contributed by atoms with Crippen LogP contribution in [-0.4, -0.2) is 6.71 Å². The summed E-state index contributed by atoms with van der Waals surface area (Å²) in [7, 11) is 0. The lowest BCUT2D eigenvalue weighted by Gasteiger charge is -2.27. The van der Waals surface area contributed by atoms with Crippen LogP contribution in [0.5, 0.6) is 0 Å². The summed E-state index contributed by atoms with van der Waals surface area (Å²) < 4.78 is 0. The fourth-order valence-electron chi connectivity index (χ4n) is 5.22. The van der Waals surface area contributed by atoms with Gasteiger partial charge >= 0.3 is 0 Å². The summed E-state index contributed by atoms with van der Waals surface area (Å²) in [4.78, 5) is 0. The van der Waals surface area contributed by atoms with E-state index in [4.69, 9.17) is 0 Å². The summed E-state index contributed by atoms with van der Waals surface area (Å²) in [6.45, 7) is 7.84. The molecule has 0 bridgehead atoms. The van der Waals surface area contributed by atoms with Crippen molar-refractivity contribution in [2.24, 2.45) is 0 Å². The van der Waals surface area contributed by atoms with Crippen molar-refractivity contribution < 1.29 is 0 Å². The Balaban J connectivity index is 2.23. The van der Waals surface area contributed by atoms with Crippen molar-refractivity contribution in [2.75, 3.05) is 0 Å². The third kappa shape index (κ3) is 8.48. The third-order valence-corrected chi connectivity index (χ3v) is 7.02. The van der Waals surface area contributed by atoms with E-state index in [1.54, 1.807) is 5.56 Å². The molecule has 2 aromatic rings. The minimum absolute atomic E-state index is 0.733. The maximum Gasteiger partial charge on any atom is 0.148 e. The molecule has 0 radical (unpaired) electrons. The van der Waals surface area contributed by atoms with Crippen molar-refractivity contribution in [3.63, 3.8) is 0 Å². The molecular weight excluding hydrogens is 359 g/mol. The summed E-state index contributed by atoms with van der Waals surface area (Å²) in [6.07, 6.45) is 20.9. The van der Waals surface area contributed by atoms with Gasteiger partial charge in [0.05, 0.1) is 0 Å². The van der Waals surface area contributed by atoms with E-state index in [0.717, 1.165) is 12.5 Å². The Morgan fingerprint density at radius 3 is 1.80 bits per heavy atom. The monoisotopic (exact) mass is 406 g/mol. The summed E-state index contributed by atoms with van der Waals surface area (Å²) in [5.41, 5.74) is 1.64. The second-order valence-electron chi connectivity index (χ2n) is 9.48. The van der Waals surface area contributed by atoms with Crippen molar-refractivity contribution in [1.82, 2.24) is 0 Å². The molecule has 0 aliphatic heterocycles. The van der Waals surface area contributed by atoms with Crippen LogP contribution in [0, 0.1) is 0 Å². The van der Waals surface area contributed by atoms with Gasteiger partial charge in [-0.3, -0.25) is 0 Å². The van der Waals surface area contributed by atoms with Gasteiger partial charge in [-0.05, 0) is 22.2 Å². The van der Waals surface area contributed by atoms with Crippen LogP contribution in [0.1, 0.15) is 116 Å². The molecule has 0 saturated carbocycles. The first-order valence-electron chi connectivity index (χ1n) is 13.3. The molecule has 1 unspecified atom stereocenters. The van der Waals surface area contributed by atoms with Crippen molar-refractivity contribution >= 4 is 17.5 Å². The fourth-order valence-corrected chi connectivity index (χ4v) is 5.22. The van der Waals surface area contributed by atoms with Crippen LogP contribution in [0.4, 0.5) is 0 Å². The molecule has 1 atom stereocenters. The average Bonchev–Trinajstić information content (AvgIpc) is 2.78. The van der Waals surface area contributed by atoms with E-state index in [0.29, 0.717) is 0 Å². The minimum atomic E-state index is 0.733. The summed E-state index contributed by atoms with van der Waals surface area (Å²) >= 11 is 0. The Bertz CT molecular complexity index is 660. The van der Waals surface area contributed by atoms with Crippen molar-refractivity contribution in [3.8, 4) is 0 Å². The summed E-state index contributed by atoms with van der Waals surface area (Å²) in [6, 6.07) is 16.1. The van der Waals surface area contributed by atoms with E-state index < -0.39 is 0 Å². The number of fused-ring (bicyclic) bond motifs is 1. The van der Waals surface area contributed by atoms with E-state index in [1.807, 2.05) is 0 Å². The van der Waals surface area contributed by atoms with Crippen LogP contribution >= 0.6 is 0 Å². The first-order chi connectivity index (χ1) is 14.8. The standard InChI is InChI=1S/C29H47B/c1-4-7-10-13-23-29(28-22-18-20-26-19-14-15-21-27(26)28)30(24-16-11-8-5-2)25-17-12-9-6-3/h14-15,18-22,29H,4-13,16-17,23-25H2,1-3H3. The smallest absolute Gasteiger partial charge is 0.0736 e. The molecule has 0 heterocycles. The highest BCUT2D eigenvalue weighted by Crippen LogP contribution is 2.35. The third-order valence-electron chi connectivity index (χ3n) is 7.02. The van der Waals surface area contributed by atoms with Crippen molar-refractivity contribution in [3.05, 3.63) is 48.0 Å². The molecule has 0 aliphatic carbocycles. The predicted octanol–water partition coefficient (Wildman–Crippen LogP) is 10.1. The Labute approximate surface area is 188 Å². The lowest BCUT2D eigenvalue weighted by Crippen LogP contribution is -2.24. The number of rotatable bonds is 17. The predicted molar refractivity (Wildman–Crippen MR) is 139 cm³/mol. The van der Waals surface area contributed by atoms with Crippen LogP contribution in [0.25, 0.3) is 10.8 Å². The fraction of sp³-hybridized carbons (Fsp3) is 0.655. The first-order valence-corrected chi connectivity index (χ1v) is 13.3. The molecule has 0 aromatic heterocycles. The molecule has 166 valence electrons. The van der Waals surface area contributed by atoms with Gasteiger partial charge < -0.3 is 0 Å². The molecule has 2 aromatic carbocycles. The van der Waals surface area contributed by atoms with Gasteiger partial charge in [0.25, 0.3) is 0 Å². The molecule has 0 aliphatic rings. The summed E-state index contributed by atoms with van der Waals surface area (Å²) in [5.74, 6) is 0.733. The number of unbranched alkanes of at least 4 members (excludes halogenated alkanes) is 9. The molecule has 0 spiro atoms. The van der Waals surface area contributed by atoms with Gasteiger partial charge in [0.2, 0.25) is 0 Å². The van der Waals surface area contributed by atoms with Crippen molar-refractivity contribution in [1.29, 1.82) is 0 Å². The molecule has 0 nitrogen and oxygen atoms in total. The van der Waals surface area contributed by atoms with Gasteiger partial charge in [0.15, 0.2) is 0 Å². The van der Waals surface area contributed by atoms with E-state index in [-0.39, 0.29) is 0 Å². The van der Waals surface area contributed by atoms with E-state index >= 15 is 0 Å². The van der Waals surface area contributed by atoms with Gasteiger partial charge in [0.1, 0.15) is 6.71 Å². The molecule has 0 N–H and O–H groups in total. The Morgan fingerprint density at radius 1 is 0.600 bits per heavy atom. The highest BCUT2D eigenvalue weighted by molar-refractivity contribution is 6.60. The maximum atomic E-state index is 2.46. The van der Waals surface area contributed by atoms with Gasteiger partial charge in [-0.15, -0.1) is 0 Å². The SMILES string of the molecule is CCCCCCB(CCCCCC)C(CCCCCC)c1cccc2ccccc12. The zero-order valence-corrected chi connectivity index (χ0v) is 20.3. The quantitative estimate of drug-likeness (QED) is 0.181. The zero-order chi connectivity index (χ0) is 21.4. The lowest BCUT2D eigenvalue weighted by atomic mass is 9.34. The van der Waals surface area contributed by atoms with Gasteiger partial charge in [-0.25, -0.2) is 0 Å². The number of hydrogen-bond acceptors (Lipinski definition) is 0. The lowest BCUT2D eigenvalue weighted by molar-refractivity contribution is 0.612. The molecule has 2 rings (SSSR count). The van der Waals surface area contributed by atoms with E-state index in [9.17, 15) is 0 Å². The first kappa shape index (κ1) is 25.0. The second kappa shape index (κ2) is 15.5. The highest BCUT2D eigenvalue weighted by atomic mass is 14.1. The van der Waals surface area contributed by atoms with Crippen LogP contribution in [0.15, 0.2) is 42.5 Å². The van der Waals surface area contributed by atoms with Gasteiger partial charge in [0, 0.05) is 0 Å². The second-order valence-corrected chi connectivity index (χ2v) is 9.48. The van der Waals surface area contributed by atoms with Crippen LogP contribution in [0.3, 0.4) is 0 Å². The minimum Gasteiger partial charge on any atom is -0.0736 e. The molecular formula is C29H47B. The Kier molecular flexibility index (Phi) is 13.0. The van der Waals surface area contributed by atoms with E-state index in [1.165, 1.54) is 107 Å². The van der Waals surface area contributed by atoms with Crippen molar-refractivity contribution in [2.45, 2.75) is 123 Å². The highest BCUT2D eigenvalue weighted by Gasteiger charge is 2.27. The summed E-state index contributed by atoms with van der Waals surface area (Å²) in [5, 5.41) is 2.93. The molecule has 0 saturated heterocycles. The normalized spacial score (nSPS) is 12.4. The molecule has 30 heavy (non-hydrogen) atoms. The van der Waals surface area contributed by atoms with Crippen LogP contribution in [0.2, 0.25) is 12.6 Å². The molecule has 1 heteroatoms.